The summed E-state index contributed by atoms with van der Waals surface area (Å²) in [5, 5.41) is 10.9. The van der Waals surface area contributed by atoms with E-state index in [-0.39, 0.29) is 17.3 Å². The van der Waals surface area contributed by atoms with Gasteiger partial charge < -0.3 is 10.6 Å². The molecule has 6 nitrogen and oxygen atoms in total. The number of hydrogen-bond acceptors (Lipinski definition) is 5. The number of anilines is 3. The van der Waals surface area contributed by atoms with Crippen LogP contribution in [0, 0.1) is 15.9 Å². The number of nitrogens with zero attached hydrogens (tertiary/aromatic N) is 3. The molecule has 2 N–H and O–H groups in total. The minimum atomic E-state index is -0.524. The Balaban J connectivity index is 2.08. The van der Waals surface area contributed by atoms with E-state index in [2.05, 4.69) is 4.98 Å². The summed E-state index contributed by atoms with van der Waals surface area (Å²) >= 11 is 0. The lowest BCUT2D eigenvalue weighted by molar-refractivity contribution is -0.384. The van der Waals surface area contributed by atoms with Gasteiger partial charge in [0, 0.05) is 12.2 Å². The molecule has 0 amide bonds. The number of nitro groups is 1. The zero-order valence-electron chi connectivity index (χ0n) is 10.4. The number of halogens is 1. The number of pyridine rings is 1. The highest BCUT2D eigenvalue weighted by Gasteiger charge is 2.24. The summed E-state index contributed by atoms with van der Waals surface area (Å²) in [4.78, 5) is 16.2. The minimum absolute atomic E-state index is 0.0686. The number of rotatable bonds is 2. The minimum Gasteiger partial charge on any atom is -0.383 e. The van der Waals surface area contributed by atoms with Gasteiger partial charge in [-0.2, -0.15) is 0 Å². The van der Waals surface area contributed by atoms with Gasteiger partial charge >= 0.3 is 0 Å². The van der Waals surface area contributed by atoms with Crippen molar-refractivity contribution < 1.29 is 9.31 Å². The van der Waals surface area contributed by atoms with E-state index in [4.69, 9.17) is 5.73 Å². The molecular formula is C13H11FN4O2. The SMILES string of the molecule is Nc1cc([N+](=O)[O-])cc(N2CCc3ccc(F)cc32)n1. The van der Waals surface area contributed by atoms with Crippen molar-refractivity contribution >= 4 is 23.0 Å². The molecule has 1 aromatic carbocycles. The van der Waals surface area contributed by atoms with Gasteiger partial charge in [0.05, 0.1) is 17.1 Å². The van der Waals surface area contributed by atoms with Gasteiger partial charge in [0.25, 0.3) is 5.69 Å². The second kappa shape index (κ2) is 4.44. The van der Waals surface area contributed by atoms with Crippen LogP contribution in [0.25, 0.3) is 0 Å². The highest BCUT2D eigenvalue weighted by molar-refractivity contribution is 5.70. The normalized spacial score (nSPS) is 13.3. The molecule has 0 unspecified atom stereocenters. The first kappa shape index (κ1) is 12.3. The molecule has 1 aliphatic heterocycles. The largest absolute Gasteiger partial charge is 0.383 e. The lowest BCUT2D eigenvalue weighted by atomic mass is 10.2. The molecule has 2 heterocycles. The summed E-state index contributed by atoms with van der Waals surface area (Å²) in [7, 11) is 0. The molecule has 1 aromatic heterocycles. The van der Waals surface area contributed by atoms with Crippen LogP contribution in [-0.2, 0) is 6.42 Å². The maximum Gasteiger partial charge on any atom is 0.276 e. The fraction of sp³-hybridized carbons (Fsp3) is 0.154. The summed E-state index contributed by atoms with van der Waals surface area (Å²) in [6.07, 6.45) is 0.736. The maximum absolute atomic E-state index is 13.4. The van der Waals surface area contributed by atoms with Gasteiger partial charge in [-0.05, 0) is 24.1 Å². The Bertz CT molecular complexity index is 705. The first-order valence-electron chi connectivity index (χ1n) is 6.02. The summed E-state index contributed by atoms with van der Waals surface area (Å²) in [5.41, 5.74) is 7.13. The predicted molar refractivity (Wildman–Crippen MR) is 72.4 cm³/mol. The third kappa shape index (κ3) is 2.03. The Kier molecular flexibility index (Phi) is 2.74. The average molecular weight is 274 g/mol. The van der Waals surface area contributed by atoms with E-state index in [0.717, 1.165) is 12.0 Å². The number of nitrogen functional groups attached to an aromatic ring is 1. The summed E-state index contributed by atoms with van der Waals surface area (Å²) < 4.78 is 13.4. The van der Waals surface area contributed by atoms with Crippen molar-refractivity contribution in [1.29, 1.82) is 0 Å². The van der Waals surface area contributed by atoms with E-state index < -0.39 is 4.92 Å². The van der Waals surface area contributed by atoms with Crippen LogP contribution < -0.4 is 10.6 Å². The Morgan fingerprint density at radius 2 is 2.15 bits per heavy atom. The molecule has 1 aliphatic rings. The molecule has 0 radical (unpaired) electrons. The Morgan fingerprint density at radius 1 is 1.35 bits per heavy atom. The first-order chi connectivity index (χ1) is 9.54. The topological polar surface area (TPSA) is 85.3 Å². The van der Waals surface area contributed by atoms with Gasteiger partial charge in [0.15, 0.2) is 0 Å². The molecule has 0 bridgehead atoms. The molecule has 20 heavy (non-hydrogen) atoms. The Labute approximate surface area is 113 Å². The summed E-state index contributed by atoms with van der Waals surface area (Å²) in [6, 6.07) is 7.06. The van der Waals surface area contributed by atoms with Gasteiger partial charge in [-0.1, -0.05) is 6.07 Å². The highest BCUT2D eigenvalue weighted by atomic mass is 19.1. The summed E-state index contributed by atoms with van der Waals surface area (Å²) in [5.74, 6) is 0.0779. The van der Waals surface area contributed by atoms with Gasteiger partial charge in [0.1, 0.15) is 17.5 Å². The molecule has 0 fully saturated rings. The average Bonchev–Trinajstić information content (AvgIpc) is 2.80. The van der Waals surface area contributed by atoms with Crippen LogP contribution in [0.5, 0.6) is 0 Å². The van der Waals surface area contributed by atoms with Crippen molar-refractivity contribution in [3.05, 3.63) is 51.8 Å². The molecular weight excluding hydrogens is 263 g/mol. The van der Waals surface area contributed by atoms with Gasteiger partial charge in [-0.3, -0.25) is 10.1 Å². The number of nitrogens with two attached hydrogens (primary N) is 1. The number of benzene rings is 1. The zero-order valence-corrected chi connectivity index (χ0v) is 10.4. The molecule has 0 saturated carbocycles. The monoisotopic (exact) mass is 274 g/mol. The maximum atomic E-state index is 13.4. The van der Waals surface area contributed by atoms with Crippen LogP contribution in [0.4, 0.5) is 27.4 Å². The van der Waals surface area contributed by atoms with Crippen molar-refractivity contribution in [2.75, 3.05) is 17.2 Å². The van der Waals surface area contributed by atoms with Gasteiger partial charge in [-0.25, -0.2) is 9.37 Å². The van der Waals surface area contributed by atoms with Crippen LogP contribution >= 0.6 is 0 Å². The number of fused-ring (bicyclic) bond motifs is 1. The Hall–Kier alpha value is -2.70. The lowest BCUT2D eigenvalue weighted by Crippen LogP contribution is -2.15. The van der Waals surface area contributed by atoms with E-state index in [1.807, 2.05) is 0 Å². The number of hydrogen-bond donors (Lipinski definition) is 1. The third-order valence-corrected chi connectivity index (χ3v) is 3.25. The fourth-order valence-corrected chi connectivity index (χ4v) is 2.36. The second-order valence-electron chi connectivity index (χ2n) is 4.54. The quantitative estimate of drug-likeness (QED) is 0.671. The van der Waals surface area contributed by atoms with Crippen LogP contribution in [0.3, 0.4) is 0 Å². The molecule has 7 heteroatoms. The van der Waals surface area contributed by atoms with Crippen molar-refractivity contribution in [1.82, 2.24) is 4.98 Å². The standard InChI is InChI=1S/C13H11FN4O2/c14-9-2-1-8-3-4-17(11(8)5-9)13-7-10(18(19)20)6-12(15)16-13/h1-2,5-7H,3-4H2,(H2,15,16). The molecule has 0 saturated heterocycles. The van der Waals surface area contributed by atoms with Crippen molar-refractivity contribution in [2.24, 2.45) is 0 Å². The molecule has 102 valence electrons. The van der Waals surface area contributed by atoms with Crippen LogP contribution in [-0.4, -0.2) is 16.5 Å². The lowest BCUT2D eigenvalue weighted by Gasteiger charge is -2.18. The third-order valence-electron chi connectivity index (χ3n) is 3.25. The molecule has 0 spiro atoms. The van der Waals surface area contributed by atoms with E-state index >= 15 is 0 Å². The van der Waals surface area contributed by atoms with E-state index in [1.165, 1.54) is 24.3 Å². The molecule has 0 atom stereocenters. The fourth-order valence-electron chi connectivity index (χ4n) is 2.36. The van der Waals surface area contributed by atoms with Crippen LogP contribution in [0.1, 0.15) is 5.56 Å². The molecule has 0 aliphatic carbocycles. The predicted octanol–water partition coefficient (Wildman–Crippen LogP) is 2.41. The van der Waals surface area contributed by atoms with Crippen molar-refractivity contribution in [2.45, 2.75) is 6.42 Å². The Morgan fingerprint density at radius 3 is 2.90 bits per heavy atom. The molecule has 2 aromatic rings. The zero-order chi connectivity index (χ0) is 14.3. The van der Waals surface area contributed by atoms with E-state index in [0.29, 0.717) is 18.1 Å². The van der Waals surface area contributed by atoms with Crippen molar-refractivity contribution in [3.8, 4) is 0 Å². The van der Waals surface area contributed by atoms with E-state index in [1.54, 1.807) is 11.0 Å². The highest BCUT2D eigenvalue weighted by Crippen LogP contribution is 2.35. The van der Waals surface area contributed by atoms with Crippen molar-refractivity contribution in [3.63, 3.8) is 0 Å². The van der Waals surface area contributed by atoms with Crippen LogP contribution in [0.2, 0.25) is 0 Å². The smallest absolute Gasteiger partial charge is 0.276 e. The van der Waals surface area contributed by atoms with Gasteiger partial charge in [0.2, 0.25) is 0 Å². The number of aromatic nitrogens is 1. The first-order valence-corrected chi connectivity index (χ1v) is 6.02. The van der Waals surface area contributed by atoms with Gasteiger partial charge in [-0.15, -0.1) is 0 Å². The molecule has 3 rings (SSSR count). The van der Waals surface area contributed by atoms with Crippen LogP contribution in [0.15, 0.2) is 30.3 Å². The summed E-state index contributed by atoms with van der Waals surface area (Å²) in [6.45, 7) is 0.590. The van der Waals surface area contributed by atoms with E-state index in [9.17, 15) is 14.5 Å². The second-order valence-corrected chi connectivity index (χ2v) is 4.54.